The van der Waals surface area contributed by atoms with Gasteiger partial charge in [0.05, 0.1) is 0 Å². The first-order valence-electron chi connectivity index (χ1n) is 6.26. The fourth-order valence-corrected chi connectivity index (χ4v) is 2.65. The Morgan fingerprint density at radius 2 is 1.50 bits per heavy atom. The van der Waals surface area contributed by atoms with E-state index in [9.17, 15) is 0 Å². The van der Waals surface area contributed by atoms with Gasteiger partial charge in [-0.3, -0.25) is 0 Å². The highest BCUT2D eigenvalue weighted by atomic mass is 15.2. The molecule has 1 nitrogen and oxygen atoms in total. The molecule has 2 aromatic carbocycles. The third-order valence-corrected chi connectivity index (χ3v) is 3.82. The quantitative estimate of drug-likeness (QED) is 0.696. The Morgan fingerprint density at radius 3 is 2.22 bits per heavy atom. The molecule has 1 heteroatoms. The molecule has 3 rings (SSSR count). The number of fused-ring (bicyclic) bond motifs is 1. The Hall–Kier alpha value is -2.02. The summed E-state index contributed by atoms with van der Waals surface area (Å²) >= 11 is 0. The SMILES string of the molecule is C=C1N(c2ccccc2)c2ccccc2C1(C)C. The lowest BCUT2D eigenvalue weighted by Crippen LogP contribution is -2.21. The van der Waals surface area contributed by atoms with Crippen molar-refractivity contribution in [3.05, 3.63) is 72.4 Å². The first-order chi connectivity index (χ1) is 8.62. The predicted octanol–water partition coefficient (Wildman–Crippen LogP) is 4.63. The largest absolute Gasteiger partial charge is 0.314 e. The van der Waals surface area contributed by atoms with Crippen molar-refractivity contribution in [1.82, 2.24) is 0 Å². The highest BCUT2D eigenvalue weighted by molar-refractivity contribution is 5.79. The van der Waals surface area contributed by atoms with E-state index < -0.39 is 0 Å². The standard InChI is InChI=1S/C17H17N/c1-13-17(2,3)15-11-7-8-12-16(15)18(13)14-9-5-4-6-10-14/h4-12H,1H2,2-3H3. The molecule has 0 saturated heterocycles. The van der Waals surface area contributed by atoms with E-state index in [0.717, 1.165) is 5.70 Å². The lowest BCUT2D eigenvalue weighted by atomic mass is 9.84. The zero-order chi connectivity index (χ0) is 12.8. The van der Waals surface area contributed by atoms with Crippen molar-refractivity contribution in [2.75, 3.05) is 4.90 Å². The minimum atomic E-state index is -0.00751. The lowest BCUT2D eigenvalue weighted by Gasteiger charge is -2.25. The summed E-state index contributed by atoms with van der Waals surface area (Å²) in [6.07, 6.45) is 0. The van der Waals surface area contributed by atoms with Gasteiger partial charge in [0, 0.05) is 22.5 Å². The first-order valence-corrected chi connectivity index (χ1v) is 6.26. The van der Waals surface area contributed by atoms with Crippen LogP contribution in [-0.4, -0.2) is 0 Å². The number of para-hydroxylation sites is 2. The second kappa shape index (κ2) is 3.74. The maximum atomic E-state index is 4.31. The minimum absolute atomic E-state index is 0.00751. The van der Waals surface area contributed by atoms with E-state index in [-0.39, 0.29) is 5.41 Å². The Balaban J connectivity index is 2.21. The normalized spacial score (nSPS) is 16.8. The summed E-state index contributed by atoms with van der Waals surface area (Å²) in [5, 5.41) is 0. The summed E-state index contributed by atoms with van der Waals surface area (Å²) in [7, 11) is 0. The molecule has 0 spiro atoms. The topological polar surface area (TPSA) is 3.24 Å². The Kier molecular flexibility index (Phi) is 2.30. The van der Waals surface area contributed by atoms with Gasteiger partial charge in [-0.25, -0.2) is 0 Å². The van der Waals surface area contributed by atoms with E-state index in [1.165, 1.54) is 16.9 Å². The number of nitrogens with zero attached hydrogens (tertiary/aromatic N) is 1. The zero-order valence-corrected chi connectivity index (χ0v) is 10.9. The van der Waals surface area contributed by atoms with E-state index in [0.29, 0.717) is 0 Å². The zero-order valence-electron chi connectivity index (χ0n) is 10.9. The number of hydrogen-bond acceptors (Lipinski definition) is 1. The van der Waals surface area contributed by atoms with Gasteiger partial charge in [-0.05, 0) is 23.8 Å². The molecule has 0 saturated carbocycles. The molecule has 0 fully saturated rings. The van der Waals surface area contributed by atoms with Gasteiger partial charge >= 0.3 is 0 Å². The van der Waals surface area contributed by atoms with Crippen molar-refractivity contribution < 1.29 is 0 Å². The molecule has 2 aromatic rings. The van der Waals surface area contributed by atoms with Crippen molar-refractivity contribution in [2.45, 2.75) is 19.3 Å². The molecular weight excluding hydrogens is 218 g/mol. The van der Waals surface area contributed by atoms with Crippen LogP contribution in [0.4, 0.5) is 11.4 Å². The third-order valence-electron chi connectivity index (χ3n) is 3.82. The Labute approximate surface area is 108 Å². The van der Waals surface area contributed by atoms with Crippen molar-refractivity contribution in [1.29, 1.82) is 0 Å². The fourth-order valence-electron chi connectivity index (χ4n) is 2.65. The second-order valence-corrected chi connectivity index (χ2v) is 5.26. The van der Waals surface area contributed by atoms with E-state index >= 15 is 0 Å². The molecule has 1 heterocycles. The summed E-state index contributed by atoms with van der Waals surface area (Å²) in [5.74, 6) is 0. The number of allylic oxidation sites excluding steroid dienone is 1. The molecule has 0 atom stereocenters. The third kappa shape index (κ3) is 1.40. The van der Waals surface area contributed by atoms with Crippen LogP contribution in [-0.2, 0) is 5.41 Å². The maximum absolute atomic E-state index is 4.31. The second-order valence-electron chi connectivity index (χ2n) is 5.26. The van der Waals surface area contributed by atoms with Gasteiger partial charge in [-0.1, -0.05) is 56.8 Å². The maximum Gasteiger partial charge on any atom is 0.0499 e. The van der Waals surface area contributed by atoms with Gasteiger partial charge in [0.25, 0.3) is 0 Å². The molecule has 1 aliphatic rings. The molecular formula is C17H17N. The van der Waals surface area contributed by atoms with Crippen LogP contribution in [0, 0.1) is 0 Å². The average molecular weight is 235 g/mol. The smallest absolute Gasteiger partial charge is 0.0499 e. The molecule has 0 aromatic heterocycles. The summed E-state index contributed by atoms with van der Waals surface area (Å²) in [6, 6.07) is 19.0. The van der Waals surface area contributed by atoms with Crippen LogP contribution in [0.1, 0.15) is 19.4 Å². The summed E-state index contributed by atoms with van der Waals surface area (Å²) in [5.41, 5.74) is 4.90. The molecule has 0 N–H and O–H groups in total. The van der Waals surface area contributed by atoms with E-state index in [2.05, 4.69) is 73.9 Å². The van der Waals surface area contributed by atoms with E-state index in [4.69, 9.17) is 0 Å². The van der Waals surface area contributed by atoms with Gasteiger partial charge < -0.3 is 4.90 Å². The Morgan fingerprint density at radius 1 is 0.889 bits per heavy atom. The number of hydrogen-bond donors (Lipinski definition) is 0. The van der Waals surface area contributed by atoms with Gasteiger partial charge in [-0.2, -0.15) is 0 Å². The molecule has 18 heavy (non-hydrogen) atoms. The number of anilines is 2. The summed E-state index contributed by atoms with van der Waals surface area (Å²) in [6.45, 7) is 8.77. The van der Waals surface area contributed by atoms with Gasteiger partial charge in [-0.15, -0.1) is 0 Å². The number of rotatable bonds is 1. The van der Waals surface area contributed by atoms with Crippen LogP contribution in [0.15, 0.2) is 66.9 Å². The molecule has 0 amide bonds. The minimum Gasteiger partial charge on any atom is -0.314 e. The van der Waals surface area contributed by atoms with Gasteiger partial charge in [0.15, 0.2) is 0 Å². The fraction of sp³-hybridized carbons (Fsp3) is 0.176. The van der Waals surface area contributed by atoms with Crippen LogP contribution >= 0.6 is 0 Å². The monoisotopic (exact) mass is 235 g/mol. The van der Waals surface area contributed by atoms with Crippen LogP contribution in [0.2, 0.25) is 0 Å². The highest BCUT2D eigenvalue weighted by Crippen LogP contribution is 2.49. The molecule has 0 unspecified atom stereocenters. The lowest BCUT2D eigenvalue weighted by molar-refractivity contribution is 0.647. The van der Waals surface area contributed by atoms with Crippen molar-refractivity contribution >= 4 is 11.4 Å². The molecule has 0 bridgehead atoms. The molecule has 0 aliphatic carbocycles. The van der Waals surface area contributed by atoms with Crippen LogP contribution < -0.4 is 4.90 Å². The molecule has 0 radical (unpaired) electrons. The van der Waals surface area contributed by atoms with Gasteiger partial charge in [0.1, 0.15) is 0 Å². The Bertz CT molecular complexity index is 596. The van der Waals surface area contributed by atoms with Crippen LogP contribution in [0.3, 0.4) is 0 Å². The molecule has 90 valence electrons. The summed E-state index contributed by atoms with van der Waals surface area (Å²) in [4.78, 5) is 2.26. The number of benzene rings is 2. The van der Waals surface area contributed by atoms with E-state index in [1.54, 1.807) is 0 Å². The van der Waals surface area contributed by atoms with E-state index in [1.807, 2.05) is 6.07 Å². The highest BCUT2D eigenvalue weighted by Gasteiger charge is 2.39. The van der Waals surface area contributed by atoms with Crippen molar-refractivity contribution in [3.63, 3.8) is 0 Å². The van der Waals surface area contributed by atoms with Crippen molar-refractivity contribution in [2.24, 2.45) is 0 Å². The van der Waals surface area contributed by atoms with Gasteiger partial charge in [0.2, 0.25) is 0 Å². The van der Waals surface area contributed by atoms with Crippen molar-refractivity contribution in [3.8, 4) is 0 Å². The predicted molar refractivity (Wildman–Crippen MR) is 77.2 cm³/mol. The first kappa shape index (κ1) is 11.1. The van der Waals surface area contributed by atoms with Crippen LogP contribution in [0.25, 0.3) is 0 Å². The van der Waals surface area contributed by atoms with Crippen LogP contribution in [0.5, 0.6) is 0 Å². The summed E-state index contributed by atoms with van der Waals surface area (Å²) < 4.78 is 0. The average Bonchev–Trinajstić information content (AvgIpc) is 2.60. The molecule has 1 aliphatic heterocycles.